The number of hydrogen-bond acceptors (Lipinski definition) is 7. The number of sulfonamides is 1. The zero-order valence-corrected chi connectivity index (χ0v) is 19.6. The normalized spacial score (nSPS) is 11.5. The van der Waals surface area contributed by atoms with Gasteiger partial charge in [-0.05, 0) is 61.9 Å². The van der Waals surface area contributed by atoms with E-state index in [2.05, 4.69) is 27.2 Å². The van der Waals surface area contributed by atoms with Gasteiger partial charge in [0.1, 0.15) is 5.76 Å². The highest BCUT2D eigenvalue weighted by molar-refractivity contribution is 7.89. The van der Waals surface area contributed by atoms with Crippen LogP contribution in [0.25, 0.3) is 10.6 Å². The maximum absolute atomic E-state index is 12.4. The quantitative estimate of drug-likeness (QED) is 0.368. The number of nitrogens with one attached hydrogen (secondary N) is 2. The van der Waals surface area contributed by atoms with E-state index in [0.29, 0.717) is 24.3 Å². The molecule has 0 unspecified atom stereocenters. The van der Waals surface area contributed by atoms with Crippen molar-refractivity contribution in [2.24, 2.45) is 0 Å². The minimum absolute atomic E-state index is 0.0596. The fourth-order valence-electron chi connectivity index (χ4n) is 2.98. The van der Waals surface area contributed by atoms with E-state index in [1.54, 1.807) is 34.8 Å². The van der Waals surface area contributed by atoms with Crippen LogP contribution < -0.4 is 10.0 Å². The predicted octanol–water partition coefficient (Wildman–Crippen LogP) is 4.22. The topological polar surface area (TPSA) is 101 Å². The predicted molar refractivity (Wildman–Crippen MR) is 125 cm³/mol. The number of benzene rings is 1. The molecule has 0 radical (unpaired) electrons. The van der Waals surface area contributed by atoms with Gasteiger partial charge in [-0.2, -0.15) is 0 Å². The van der Waals surface area contributed by atoms with E-state index in [1.807, 2.05) is 12.3 Å². The van der Waals surface area contributed by atoms with Gasteiger partial charge in [-0.25, -0.2) is 18.1 Å². The fraction of sp³-hybridized carbons (Fsp3) is 0.182. The van der Waals surface area contributed by atoms with Gasteiger partial charge in [0.2, 0.25) is 10.0 Å². The van der Waals surface area contributed by atoms with Crippen LogP contribution in [0.4, 0.5) is 0 Å². The van der Waals surface area contributed by atoms with Gasteiger partial charge in [-0.1, -0.05) is 0 Å². The minimum atomic E-state index is -3.70. The molecule has 0 fully saturated rings. The largest absolute Gasteiger partial charge is 0.468 e. The van der Waals surface area contributed by atoms with Crippen molar-refractivity contribution in [2.45, 2.75) is 24.8 Å². The zero-order valence-electron chi connectivity index (χ0n) is 17.2. The molecule has 166 valence electrons. The molecule has 2 N–H and O–H groups in total. The zero-order chi connectivity index (χ0) is 22.6. The van der Waals surface area contributed by atoms with Gasteiger partial charge >= 0.3 is 0 Å². The summed E-state index contributed by atoms with van der Waals surface area (Å²) in [7, 11) is -3.70. The van der Waals surface area contributed by atoms with Gasteiger partial charge < -0.3 is 9.73 Å². The smallest absolute Gasteiger partial charge is 0.251 e. The number of rotatable bonds is 9. The first-order valence-electron chi connectivity index (χ1n) is 9.82. The molecule has 7 nitrogen and oxygen atoms in total. The van der Waals surface area contributed by atoms with E-state index in [1.165, 1.54) is 30.5 Å². The van der Waals surface area contributed by atoms with Crippen molar-refractivity contribution in [1.82, 2.24) is 15.0 Å². The molecule has 0 atom stereocenters. The molecule has 1 aromatic carbocycles. The number of amides is 1. The van der Waals surface area contributed by atoms with Crippen molar-refractivity contribution >= 4 is 38.6 Å². The molecule has 4 rings (SSSR count). The Bertz CT molecular complexity index is 1290. The van der Waals surface area contributed by atoms with Crippen LogP contribution >= 0.6 is 22.7 Å². The van der Waals surface area contributed by atoms with Crippen molar-refractivity contribution in [1.29, 1.82) is 0 Å². The summed E-state index contributed by atoms with van der Waals surface area (Å²) in [5.41, 5.74) is 1.39. The van der Waals surface area contributed by atoms with Crippen LogP contribution in [-0.2, 0) is 23.0 Å². The minimum Gasteiger partial charge on any atom is -0.468 e. The molecule has 0 aliphatic heterocycles. The number of aromatic nitrogens is 1. The standard InChI is InChI=1S/C22H21N3O4S3/c1-15-25-20(14-30-15)21-9-6-18(31-21)10-11-23-22(26)16-4-7-19(8-5-16)32(27,28)24-13-17-3-2-12-29-17/h2-9,12,14,24H,10-11,13H2,1H3,(H,23,26). The Kier molecular flexibility index (Phi) is 6.85. The van der Waals surface area contributed by atoms with E-state index in [4.69, 9.17) is 4.42 Å². The molecule has 0 saturated heterocycles. The Balaban J connectivity index is 1.29. The summed E-state index contributed by atoms with van der Waals surface area (Å²) in [6, 6.07) is 13.3. The monoisotopic (exact) mass is 487 g/mol. The summed E-state index contributed by atoms with van der Waals surface area (Å²) >= 11 is 3.29. The first kappa shape index (κ1) is 22.4. The first-order valence-corrected chi connectivity index (χ1v) is 13.0. The Hall–Kier alpha value is -2.79. The van der Waals surface area contributed by atoms with Crippen LogP contribution in [0.1, 0.15) is 26.0 Å². The first-order chi connectivity index (χ1) is 15.4. The third-order valence-electron chi connectivity index (χ3n) is 4.63. The van der Waals surface area contributed by atoms with Gasteiger partial charge in [-0.3, -0.25) is 4.79 Å². The molecule has 0 spiro atoms. The molecule has 0 saturated carbocycles. The number of carbonyl (C=O) groups excluding carboxylic acids is 1. The van der Waals surface area contributed by atoms with Gasteiger partial charge in [0.25, 0.3) is 5.91 Å². The third-order valence-corrected chi connectivity index (χ3v) is 7.99. The van der Waals surface area contributed by atoms with Crippen LogP contribution in [0.5, 0.6) is 0 Å². The van der Waals surface area contributed by atoms with Crippen molar-refractivity contribution in [3.8, 4) is 10.6 Å². The van der Waals surface area contributed by atoms with E-state index < -0.39 is 10.0 Å². The second kappa shape index (κ2) is 9.78. The van der Waals surface area contributed by atoms with Crippen molar-refractivity contribution in [3.63, 3.8) is 0 Å². The van der Waals surface area contributed by atoms with Crippen LogP contribution in [0, 0.1) is 6.92 Å². The SMILES string of the molecule is Cc1nc(-c2ccc(CCNC(=O)c3ccc(S(=O)(=O)NCc4ccco4)cc3)s2)cs1. The van der Waals surface area contributed by atoms with E-state index in [9.17, 15) is 13.2 Å². The maximum atomic E-state index is 12.4. The second-order valence-corrected chi connectivity index (χ2v) is 10.9. The second-order valence-electron chi connectivity index (χ2n) is 6.95. The Morgan fingerprint density at radius 2 is 1.94 bits per heavy atom. The van der Waals surface area contributed by atoms with Crippen molar-refractivity contribution < 1.29 is 17.6 Å². The summed E-state index contributed by atoms with van der Waals surface area (Å²) in [4.78, 5) is 19.3. The Morgan fingerprint density at radius 1 is 1.12 bits per heavy atom. The number of hydrogen-bond donors (Lipinski definition) is 2. The highest BCUT2D eigenvalue weighted by Gasteiger charge is 2.15. The van der Waals surface area contributed by atoms with Gasteiger partial charge in [-0.15, -0.1) is 22.7 Å². The van der Waals surface area contributed by atoms with Gasteiger partial charge in [0, 0.05) is 22.4 Å². The highest BCUT2D eigenvalue weighted by Crippen LogP contribution is 2.29. The summed E-state index contributed by atoms with van der Waals surface area (Å²) in [6.45, 7) is 2.53. The molecule has 3 aromatic heterocycles. The molecule has 0 aliphatic rings. The number of nitrogens with zero attached hydrogens (tertiary/aromatic N) is 1. The highest BCUT2D eigenvalue weighted by atomic mass is 32.2. The molecule has 10 heteroatoms. The number of thiophene rings is 1. The van der Waals surface area contributed by atoms with Crippen LogP contribution in [0.2, 0.25) is 0 Å². The van der Waals surface area contributed by atoms with Gasteiger partial charge in [0.05, 0.1) is 33.3 Å². The molecule has 0 aliphatic carbocycles. The number of aryl methyl sites for hydroxylation is 1. The van der Waals surface area contributed by atoms with E-state index in [-0.39, 0.29) is 17.3 Å². The van der Waals surface area contributed by atoms with Crippen LogP contribution in [0.15, 0.2) is 69.5 Å². The molecule has 0 bridgehead atoms. The number of thiazole rings is 1. The average molecular weight is 488 g/mol. The summed E-state index contributed by atoms with van der Waals surface area (Å²) in [6.07, 6.45) is 2.19. The lowest BCUT2D eigenvalue weighted by atomic mass is 10.2. The fourth-order valence-corrected chi connectivity index (χ4v) is 5.62. The lowest BCUT2D eigenvalue weighted by molar-refractivity contribution is 0.0954. The molecule has 3 heterocycles. The number of carbonyl (C=O) groups is 1. The maximum Gasteiger partial charge on any atom is 0.251 e. The lowest BCUT2D eigenvalue weighted by Gasteiger charge is -2.07. The van der Waals surface area contributed by atoms with Crippen LogP contribution in [-0.4, -0.2) is 25.9 Å². The Morgan fingerprint density at radius 3 is 2.62 bits per heavy atom. The summed E-state index contributed by atoms with van der Waals surface area (Å²) in [5, 5.41) is 5.96. The molecule has 4 aromatic rings. The van der Waals surface area contributed by atoms with Crippen molar-refractivity contribution in [3.05, 3.63) is 81.4 Å². The number of furan rings is 1. The molecule has 1 amide bonds. The lowest BCUT2D eigenvalue weighted by Crippen LogP contribution is -2.26. The average Bonchev–Trinajstić information content (AvgIpc) is 3.54. The molecular formula is C22H21N3O4S3. The van der Waals surface area contributed by atoms with E-state index in [0.717, 1.165) is 20.5 Å². The molecular weight excluding hydrogens is 466 g/mol. The van der Waals surface area contributed by atoms with Crippen LogP contribution in [0.3, 0.4) is 0 Å². The van der Waals surface area contributed by atoms with E-state index >= 15 is 0 Å². The third kappa shape index (κ3) is 5.52. The summed E-state index contributed by atoms with van der Waals surface area (Å²) in [5.74, 6) is 0.272. The Labute approximate surface area is 194 Å². The summed E-state index contributed by atoms with van der Waals surface area (Å²) < 4.78 is 32.4. The molecule has 32 heavy (non-hydrogen) atoms. The van der Waals surface area contributed by atoms with Gasteiger partial charge in [0.15, 0.2) is 0 Å². The van der Waals surface area contributed by atoms with Crippen molar-refractivity contribution in [2.75, 3.05) is 6.54 Å².